The molecule has 0 atom stereocenters. The third-order valence-corrected chi connectivity index (χ3v) is 4.93. The van der Waals surface area contributed by atoms with Crippen LogP contribution in [0.3, 0.4) is 0 Å². The number of carbonyl (C=O) groups excluding carboxylic acids is 1. The SMILES string of the molecule is CCC(CC)(C(=O)CCc1ccnn1C)N1CCCC1. The van der Waals surface area contributed by atoms with Gasteiger partial charge in [-0.25, -0.2) is 0 Å². The number of ketones is 1. The monoisotopic (exact) mass is 277 g/mol. The van der Waals surface area contributed by atoms with Crippen LogP contribution in [0.4, 0.5) is 0 Å². The number of carbonyl (C=O) groups is 1. The zero-order chi connectivity index (χ0) is 14.6. The van der Waals surface area contributed by atoms with E-state index in [1.807, 2.05) is 17.8 Å². The van der Waals surface area contributed by atoms with Gasteiger partial charge in [0.25, 0.3) is 0 Å². The van der Waals surface area contributed by atoms with Crippen LogP contribution in [0, 0.1) is 0 Å². The molecule has 1 fully saturated rings. The first-order valence-corrected chi connectivity index (χ1v) is 7.89. The number of nitrogens with zero attached hydrogens (tertiary/aromatic N) is 3. The molecule has 1 aliphatic heterocycles. The van der Waals surface area contributed by atoms with E-state index in [-0.39, 0.29) is 5.54 Å². The molecule has 112 valence electrons. The van der Waals surface area contributed by atoms with Crippen LogP contribution in [-0.4, -0.2) is 39.1 Å². The third kappa shape index (κ3) is 2.80. The van der Waals surface area contributed by atoms with Crippen molar-refractivity contribution >= 4 is 5.78 Å². The summed E-state index contributed by atoms with van der Waals surface area (Å²) >= 11 is 0. The Bertz CT molecular complexity index is 442. The van der Waals surface area contributed by atoms with Crippen molar-refractivity contribution in [2.45, 2.75) is 57.9 Å². The summed E-state index contributed by atoms with van der Waals surface area (Å²) in [5.74, 6) is 0.408. The second-order valence-electron chi connectivity index (χ2n) is 5.80. The van der Waals surface area contributed by atoms with E-state index in [4.69, 9.17) is 0 Å². The standard InChI is InChI=1S/C16H27N3O/c1-4-16(5-2,19-12-6-7-13-19)15(20)9-8-14-10-11-17-18(14)3/h10-11H,4-9,12-13H2,1-3H3. The first-order valence-electron chi connectivity index (χ1n) is 7.89. The quantitative estimate of drug-likeness (QED) is 0.769. The summed E-state index contributed by atoms with van der Waals surface area (Å²) in [6, 6.07) is 2.00. The second kappa shape index (κ2) is 6.53. The van der Waals surface area contributed by atoms with Crippen LogP contribution in [0.15, 0.2) is 12.3 Å². The van der Waals surface area contributed by atoms with Crippen LogP contribution in [0.1, 0.15) is 51.6 Å². The molecule has 0 unspecified atom stereocenters. The Kier molecular flexibility index (Phi) is 4.97. The van der Waals surface area contributed by atoms with Gasteiger partial charge in [-0.1, -0.05) is 13.8 Å². The molecule has 2 heterocycles. The number of hydrogen-bond donors (Lipinski definition) is 0. The van der Waals surface area contributed by atoms with Crippen LogP contribution in [0.5, 0.6) is 0 Å². The average molecular weight is 277 g/mol. The van der Waals surface area contributed by atoms with E-state index in [2.05, 4.69) is 23.8 Å². The minimum Gasteiger partial charge on any atom is -0.298 e. The average Bonchev–Trinajstić information content (AvgIpc) is 3.11. The van der Waals surface area contributed by atoms with E-state index in [1.165, 1.54) is 12.8 Å². The Morgan fingerprint density at radius 2 is 1.95 bits per heavy atom. The molecule has 1 aromatic rings. The normalized spacial score (nSPS) is 16.8. The highest BCUT2D eigenvalue weighted by Crippen LogP contribution is 2.30. The lowest BCUT2D eigenvalue weighted by atomic mass is 9.83. The molecule has 2 rings (SSSR count). The first-order chi connectivity index (χ1) is 9.64. The summed E-state index contributed by atoms with van der Waals surface area (Å²) < 4.78 is 1.86. The number of aryl methyl sites for hydroxylation is 2. The highest BCUT2D eigenvalue weighted by atomic mass is 16.1. The lowest BCUT2D eigenvalue weighted by Crippen LogP contribution is -2.52. The zero-order valence-electron chi connectivity index (χ0n) is 13.1. The molecule has 1 aliphatic rings. The molecular weight excluding hydrogens is 250 g/mol. The van der Waals surface area contributed by atoms with Gasteiger partial charge in [0, 0.05) is 25.4 Å². The van der Waals surface area contributed by atoms with E-state index >= 15 is 0 Å². The number of hydrogen-bond acceptors (Lipinski definition) is 3. The van der Waals surface area contributed by atoms with E-state index in [0.29, 0.717) is 12.2 Å². The van der Waals surface area contributed by atoms with Gasteiger partial charge < -0.3 is 0 Å². The van der Waals surface area contributed by atoms with E-state index in [1.54, 1.807) is 6.20 Å². The molecule has 0 saturated carbocycles. The Morgan fingerprint density at radius 1 is 1.30 bits per heavy atom. The fraction of sp³-hybridized carbons (Fsp3) is 0.750. The molecule has 0 spiro atoms. The van der Waals surface area contributed by atoms with Gasteiger partial charge >= 0.3 is 0 Å². The molecule has 4 nitrogen and oxygen atoms in total. The predicted molar refractivity (Wildman–Crippen MR) is 80.7 cm³/mol. The van der Waals surface area contributed by atoms with Crippen LogP contribution in [0.2, 0.25) is 0 Å². The van der Waals surface area contributed by atoms with Crippen molar-refractivity contribution in [1.29, 1.82) is 0 Å². The molecule has 4 heteroatoms. The lowest BCUT2D eigenvalue weighted by Gasteiger charge is -2.39. The molecular formula is C16H27N3O. The Balaban J connectivity index is 2.05. The van der Waals surface area contributed by atoms with Gasteiger partial charge in [-0.05, 0) is 51.3 Å². The summed E-state index contributed by atoms with van der Waals surface area (Å²) in [4.78, 5) is 15.3. The summed E-state index contributed by atoms with van der Waals surface area (Å²) in [5.41, 5.74) is 0.913. The third-order valence-electron chi connectivity index (χ3n) is 4.93. The molecule has 20 heavy (non-hydrogen) atoms. The van der Waals surface area contributed by atoms with E-state index < -0.39 is 0 Å². The highest BCUT2D eigenvalue weighted by molar-refractivity contribution is 5.88. The Morgan fingerprint density at radius 3 is 2.45 bits per heavy atom. The maximum absolute atomic E-state index is 12.8. The number of likely N-dealkylation sites (tertiary alicyclic amines) is 1. The van der Waals surface area contributed by atoms with E-state index in [0.717, 1.165) is 38.0 Å². The molecule has 0 aromatic carbocycles. The molecule has 1 saturated heterocycles. The summed E-state index contributed by atoms with van der Waals surface area (Å²) in [6.07, 6.45) is 7.53. The molecule has 0 aliphatic carbocycles. The number of aromatic nitrogens is 2. The van der Waals surface area contributed by atoms with E-state index in [9.17, 15) is 4.79 Å². The van der Waals surface area contributed by atoms with Crippen LogP contribution < -0.4 is 0 Å². The molecule has 0 radical (unpaired) electrons. The van der Waals surface area contributed by atoms with Crippen molar-refractivity contribution in [3.05, 3.63) is 18.0 Å². The van der Waals surface area contributed by atoms with Crippen LogP contribution in [-0.2, 0) is 18.3 Å². The van der Waals surface area contributed by atoms with Gasteiger partial charge in [0.2, 0.25) is 0 Å². The topological polar surface area (TPSA) is 38.1 Å². The smallest absolute Gasteiger partial charge is 0.153 e. The van der Waals surface area contributed by atoms with Gasteiger partial charge in [-0.3, -0.25) is 14.4 Å². The second-order valence-corrected chi connectivity index (χ2v) is 5.80. The van der Waals surface area contributed by atoms with Gasteiger partial charge in [-0.2, -0.15) is 5.10 Å². The van der Waals surface area contributed by atoms with Gasteiger partial charge in [0.1, 0.15) is 0 Å². The van der Waals surface area contributed by atoms with Crippen molar-refractivity contribution in [2.75, 3.05) is 13.1 Å². The predicted octanol–water partition coefficient (Wildman–Crippen LogP) is 2.58. The van der Waals surface area contributed by atoms with Crippen molar-refractivity contribution in [3.8, 4) is 0 Å². The van der Waals surface area contributed by atoms with Gasteiger partial charge in [-0.15, -0.1) is 0 Å². The molecule has 0 N–H and O–H groups in total. The minimum atomic E-state index is -0.227. The van der Waals surface area contributed by atoms with Gasteiger partial charge in [0.05, 0.1) is 5.54 Å². The fourth-order valence-electron chi connectivity index (χ4n) is 3.53. The molecule has 1 aromatic heterocycles. The first kappa shape index (κ1) is 15.2. The van der Waals surface area contributed by atoms with Crippen molar-refractivity contribution in [3.63, 3.8) is 0 Å². The minimum absolute atomic E-state index is 0.227. The fourth-order valence-corrected chi connectivity index (χ4v) is 3.53. The van der Waals surface area contributed by atoms with Crippen LogP contribution in [0.25, 0.3) is 0 Å². The maximum atomic E-state index is 12.8. The zero-order valence-corrected chi connectivity index (χ0v) is 13.1. The molecule has 0 bridgehead atoms. The Hall–Kier alpha value is -1.16. The van der Waals surface area contributed by atoms with Crippen LogP contribution >= 0.6 is 0 Å². The molecule has 0 amide bonds. The highest BCUT2D eigenvalue weighted by Gasteiger charge is 2.40. The van der Waals surface area contributed by atoms with Crippen molar-refractivity contribution in [2.24, 2.45) is 7.05 Å². The summed E-state index contributed by atoms with van der Waals surface area (Å²) in [5, 5.41) is 4.17. The lowest BCUT2D eigenvalue weighted by molar-refractivity contribution is -0.131. The van der Waals surface area contributed by atoms with Crippen molar-refractivity contribution < 1.29 is 4.79 Å². The largest absolute Gasteiger partial charge is 0.298 e. The number of Topliss-reactive ketones (excluding diaryl/α,β-unsaturated/α-hetero) is 1. The summed E-state index contributed by atoms with van der Waals surface area (Å²) in [7, 11) is 1.94. The van der Waals surface area contributed by atoms with Gasteiger partial charge in [0.15, 0.2) is 5.78 Å². The Labute approximate surface area is 122 Å². The maximum Gasteiger partial charge on any atom is 0.153 e. The number of rotatable bonds is 7. The summed E-state index contributed by atoms with van der Waals surface area (Å²) in [6.45, 7) is 6.48. The van der Waals surface area contributed by atoms with Crippen molar-refractivity contribution in [1.82, 2.24) is 14.7 Å².